The highest BCUT2D eigenvalue weighted by atomic mass is 15.2. The Morgan fingerprint density at radius 2 is 2.08 bits per heavy atom. The monoisotopic (exact) mass is 170 g/mol. The Kier molecular flexibility index (Phi) is 3.13. The van der Waals surface area contributed by atoms with Gasteiger partial charge in [-0.15, -0.1) is 0 Å². The normalized spacial score (nSPS) is 26.5. The predicted octanol–water partition coefficient (Wildman–Crippen LogP) is 1.46. The van der Waals surface area contributed by atoms with Gasteiger partial charge in [0, 0.05) is 12.1 Å². The molecule has 0 saturated carbocycles. The molecule has 1 atom stereocenters. The van der Waals surface area contributed by atoms with Gasteiger partial charge in [-0.2, -0.15) is 0 Å². The van der Waals surface area contributed by atoms with Crippen LogP contribution in [0.15, 0.2) is 0 Å². The van der Waals surface area contributed by atoms with E-state index in [0.29, 0.717) is 5.54 Å². The van der Waals surface area contributed by atoms with Crippen LogP contribution in [0.4, 0.5) is 0 Å². The number of nitrogens with zero attached hydrogens (tertiary/aromatic N) is 1. The van der Waals surface area contributed by atoms with E-state index in [0.717, 1.165) is 12.5 Å². The maximum atomic E-state index is 5.54. The van der Waals surface area contributed by atoms with Crippen LogP contribution in [0.1, 0.15) is 33.6 Å². The van der Waals surface area contributed by atoms with Crippen molar-refractivity contribution in [1.29, 1.82) is 0 Å². The van der Waals surface area contributed by atoms with Crippen molar-refractivity contribution in [2.75, 3.05) is 19.6 Å². The second-order valence-corrected chi connectivity index (χ2v) is 4.85. The van der Waals surface area contributed by atoms with E-state index >= 15 is 0 Å². The quantitative estimate of drug-likeness (QED) is 0.680. The standard InChI is InChI=1S/C10H22N2/c1-10(2,3)12-7-5-9(8-12)4-6-11/h9H,4-8,11H2,1-3H3/t9-/m1/s1. The molecule has 1 rings (SSSR count). The van der Waals surface area contributed by atoms with Crippen molar-refractivity contribution in [3.05, 3.63) is 0 Å². The molecule has 0 aromatic rings. The summed E-state index contributed by atoms with van der Waals surface area (Å²) in [7, 11) is 0. The van der Waals surface area contributed by atoms with Crippen LogP contribution in [-0.2, 0) is 0 Å². The summed E-state index contributed by atoms with van der Waals surface area (Å²) in [5, 5.41) is 0. The van der Waals surface area contributed by atoms with Gasteiger partial charge in [0.15, 0.2) is 0 Å². The summed E-state index contributed by atoms with van der Waals surface area (Å²) in [4.78, 5) is 2.56. The van der Waals surface area contributed by atoms with Crippen LogP contribution in [0.3, 0.4) is 0 Å². The molecule has 0 bridgehead atoms. The van der Waals surface area contributed by atoms with Crippen LogP contribution in [0.2, 0.25) is 0 Å². The third kappa shape index (κ3) is 2.46. The molecule has 1 aliphatic heterocycles. The van der Waals surface area contributed by atoms with Gasteiger partial charge in [-0.05, 0) is 52.6 Å². The van der Waals surface area contributed by atoms with E-state index in [1.54, 1.807) is 0 Å². The molecule has 12 heavy (non-hydrogen) atoms. The van der Waals surface area contributed by atoms with E-state index in [4.69, 9.17) is 5.73 Å². The van der Waals surface area contributed by atoms with Gasteiger partial charge < -0.3 is 5.73 Å². The van der Waals surface area contributed by atoms with E-state index in [1.165, 1.54) is 25.9 Å². The highest BCUT2D eigenvalue weighted by molar-refractivity contribution is 4.84. The maximum Gasteiger partial charge on any atom is 0.0125 e. The summed E-state index contributed by atoms with van der Waals surface area (Å²) >= 11 is 0. The molecule has 0 spiro atoms. The minimum absolute atomic E-state index is 0.351. The molecule has 1 heterocycles. The van der Waals surface area contributed by atoms with Gasteiger partial charge in [-0.25, -0.2) is 0 Å². The first-order valence-electron chi connectivity index (χ1n) is 4.99. The average Bonchev–Trinajstić information content (AvgIpc) is 2.35. The van der Waals surface area contributed by atoms with Gasteiger partial charge >= 0.3 is 0 Å². The van der Waals surface area contributed by atoms with Gasteiger partial charge in [0.05, 0.1) is 0 Å². The largest absolute Gasteiger partial charge is 0.330 e. The Balaban J connectivity index is 2.35. The van der Waals surface area contributed by atoms with Gasteiger partial charge in [-0.3, -0.25) is 4.90 Å². The third-order valence-electron chi connectivity index (χ3n) is 2.81. The summed E-state index contributed by atoms with van der Waals surface area (Å²) in [6.45, 7) is 10.2. The lowest BCUT2D eigenvalue weighted by Gasteiger charge is -2.31. The van der Waals surface area contributed by atoms with E-state index in [-0.39, 0.29) is 0 Å². The lowest BCUT2D eigenvalue weighted by Crippen LogP contribution is -2.39. The molecule has 0 amide bonds. The third-order valence-corrected chi connectivity index (χ3v) is 2.81. The summed E-state index contributed by atoms with van der Waals surface area (Å²) in [5.74, 6) is 0.856. The molecule has 0 radical (unpaired) electrons. The van der Waals surface area contributed by atoms with Crippen molar-refractivity contribution < 1.29 is 0 Å². The smallest absolute Gasteiger partial charge is 0.0125 e. The fourth-order valence-corrected chi connectivity index (χ4v) is 1.91. The van der Waals surface area contributed by atoms with Gasteiger partial charge in [0.2, 0.25) is 0 Å². The molecule has 0 unspecified atom stereocenters. The molecule has 1 saturated heterocycles. The molecule has 0 aromatic heterocycles. The first-order valence-corrected chi connectivity index (χ1v) is 4.99. The van der Waals surface area contributed by atoms with Crippen LogP contribution in [-0.4, -0.2) is 30.1 Å². The first-order chi connectivity index (χ1) is 5.54. The van der Waals surface area contributed by atoms with Crippen molar-refractivity contribution in [3.8, 4) is 0 Å². The molecule has 1 aliphatic rings. The highest BCUT2D eigenvalue weighted by Crippen LogP contribution is 2.25. The molecule has 0 aromatic carbocycles. The van der Waals surface area contributed by atoms with E-state index in [9.17, 15) is 0 Å². The summed E-state index contributed by atoms with van der Waals surface area (Å²) in [5.41, 5.74) is 5.89. The summed E-state index contributed by atoms with van der Waals surface area (Å²) in [6.07, 6.45) is 2.54. The zero-order valence-electron chi connectivity index (χ0n) is 8.64. The molecule has 0 aliphatic carbocycles. The van der Waals surface area contributed by atoms with Crippen LogP contribution in [0, 0.1) is 5.92 Å². The molecule has 72 valence electrons. The lowest BCUT2D eigenvalue weighted by atomic mass is 10.0. The number of nitrogens with two attached hydrogens (primary N) is 1. The SMILES string of the molecule is CC(C)(C)N1CC[C@@H](CCN)C1. The number of rotatable bonds is 2. The highest BCUT2D eigenvalue weighted by Gasteiger charge is 2.29. The van der Waals surface area contributed by atoms with Crippen LogP contribution < -0.4 is 5.73 Å². The second kappa shape index (κ2) is 3.75. The topological polar surface area (TPSA) is 29.3 Å². The van der Waals surface area contributed by atoms with Gasteiger partial charge in [0.25, 0.3) is 0 Å². The fraction of sp³-hybridized carbons (Fsp3) is 1.00. The molecule has 2 heteroatoms. The Hall–Kier alpha value is -0.0800. The van der Waals surface area contributed by atoms with Crippen LogP contribution in [0.5, 0.6) is 0 Å². The predicted molar refractivity (Wildman–Crippen MR) is 53.1 cm³/mol. The Labute approximate surface area is 76.1 Å². The molecule has 1 fully saturated rings. The average molecular weight is 170 g/mol. The zero-order valence-corrected chi connectivity index (χ0v) is 8.64. The number of hydrogen-bond donors (Lipinski definition) is 1. The number of likely N-dealkylation sites (tertiary alicyclic amines) is 1. The Morgan fingerprint density at radius 3 is 2.50 bits per heavy atom. The second-order valence-electron chi connectivity index (χ2n) is 4.85. The Bertz CT molecular complexity index is 137. The maximum absolute atomic E-state index is 5.54. The summed E-state index contributed by atoms with van der Waals surface area (Å²) < 4.78 is 0. The molecular formula is C10H22N2. The van der Waals surface area contributed by atoms with Crippen molar-refractivity contribution in [2.24, 2.45) is 11.7 Å². The fourth-order valence-electron chi connectivity index (χ4n) is 1.91. The first kappa shape index (κ1) is 10.0. The van der Waals surface area contributed by atoms with Crippen LogP contribution in [0.25, 0.3) is 0 Å². The zero-order chi connectivity index (χ0) is 9.19. The van der Waals surface area contributed by atoms with Crippen LogP contribution >= 0.6 is 0 Å². The minimum Gasteiger partial charge on any atom is -0.330 e. The molecule has 2 nitrogen and oxygen atoms in total. The van der Waals surface area contributed by atoms with Crippen molar-refractivity contribution in [3.63, 3.8) is 0 Å². The van der Waals surface area contributed by atoms with E-state index in [2.05, 4.69) is 25.7 Å². The molecule has 2 N–H and O–H groups in total. The van der Waals surface area contributed by atoms with Gasteiger partial charge in [-0.1, -0.05) is 0 Å². The van der Waals surface area contributed by atoms with Crippen molar-refractivity contribution in [1.82, 2.24) is 4.90 Å². The van der Waals surface area contributed by atoms with Crippen molar-refractivity contribution >= 4 is 0 Å². The minimum atomic E-state index is 0.351. The molecular weight excluding hydrogens is 148 g/mol. The summed E-state index contributed by atoms with van der Waals surface area (Å²) in [6, 6.07) is 0. The van der Waals surface area contributed by atoms with Crippen molar-refractivity contribution in [2.45, 2.75) is 39.2 Å². The lowest BCUT2D eigenvalue weighted by molar-refractivity contribution is 0.167. The van der Waals surface area contributed by atoms with E-state index in [1.807, 2.05) is 0 Å². The van der Waals surface area contributed by atoms with E-state index < -0.39 is 0 Å². The number of hydrogen-bond acceptors (Lipinski definition) is 2. The Morgan fingerprint density at radius 1 is 1.42 bits per heavy atom. The van der Waals surface area contributed by atoms with Gasteiger partial charge in [0.1, 0.15) is 0 Å².